The maximum atomic E-state index is 12.4. The Labute approximate surface area is 115 Å². The summed E-state index contributed by atoms with van der Waals surface area (Å²) in [4.78, 5) is 27.0. The van der Waals surface area contributed by atoms with E-state index in [4.69, 9.17) is 5.11 Å². The summed E-state index contributed by atoms with van der Waals surface area (Å²) in [5, 5.41) is 9.11. The lowest BCUT2D eigenvalue weighted by molar-refractivity contribution is -0.142. The van der Waals surface area contributed by atoms with Crippen molar-refractivity contribution in [3.63, 3.8) is 0 Å². The fourth-order valence-electron chi connectivity index (χ4n) is 2.49. The molecule has 5 heteroatoms. The molecule has 1 heterocycles. The molecule has 1 saturated heterocycles. The molecule has 0 radical (unpaired) electrons. The van der Waals surface area contributed by atoms with E-state index in [0.717, 1.165) is 13.0 Å². The molecular weight excluding hydrogens is 244 g/mol. The quantitative estimate of drug-likeness (QED) is 0.832. The van der Waals surface area contributed by atoms with Gasteiger partial charge in [0, 0.05) is 26.2 Å². The van der Waals surface area contributed by atoms with Gasteiger partial charge in [-0.05, 0) is 18.8 Å². The smallest absolute Gasteiger partial charge is 0.320 e. The third-order valence-electron chi connectivity index (χ3n) is 4.08. The lowest BCUT2D eigenvalue weighted by atomic mass is 9.99. The molecule has 0 spiro atoms. The maximum absolute atomic E-state index is 12.4. The fraction of sp³-hybridized carbons (Fsp3) is 0.857. The average Bonchev–Trinajstić information content (AvgIpc) is 2.77. The Bertz CT molecular complexity index is 333. The van der Waals surface area contributed by atoms with Crippen LogP contribution < -0.4 is 0 Å². The summed E-state index contributed by atoms with van der Waals surface area (Å²) in [6.45, 7) is 10.4. The molecular formula is C14H26N2O3. The second-order valence-electron chi connectivity index (χ2n) is 5.66. The number of hydrogen-bond acceptors (Lipinski definition) is 2. The monoisotopic (exact) mass is 270 g/mol. The molecule has 2 amide bonds. The van der Waals surface area contributed by atoms with Crippen molar-refractivity contribution < 1.29 is 14.7 Å². The first-order chi connectivity index (χ1) is 8.90. The van der Waals surface area contributed by atoms with Gasteiger partial charge in [0.25, 0.3) is 0 Å². The zero-order valence-electron chi connectivity index (χ0n) is 12.4. The minimum atomic E-state index is -0.798. The third kappa shape index (κ3) is 3.85. The van der Waals surface area contributed by atoms with Crippen molar-refractivity contribution in [3.8, 4) is 0 Å². The molecule has 3 atom stereocenters. The predicted octanol–water partition coefficient (Wildman–Crippen LogP) is 2.13. The first kappa shape index (κ1) is 15.8. The molecule has 0 aromatic rings. The molecule has 5 nitrogen and oxygen atoms in total. The number of carboxylic acids is 1. The van der Waals surface area contributed by atoms with Gasteiger partial charge in [-0.25, -0.2) is 4.79 Å². The number of likely N-dealkylation sites (tertiary alicyclic amines) is 1. The molecule has 0 aromatic heterocycles. The van der Waals surface area contributed by atoms with E-state index < -0.39 is 11.9 Å². The van der Waals surface area contributed by atoms with E-state index in [1.165, 1.54) is 0 Å². The fourth-order valence-corrected chi connectivity index (χ4v) is 2.49. The highest BCUT2D eigenvalue weighted by molar-refractivity contribution is 5.77. The zero-order chi connectivity index (χ0) is 14.6. The average molecular weight is 270 g/mol. The van der Waals surface area contributed by atoms with Gasteiger partial charge in [0.15, 0.2) is 0 Å². The number of carbonyl (C=O) groups excluding carboxylic acids is 1. The Morgan fingerprint density at radius 2 is 2.00 bits per heavy atom. The van der Waals surface area contributed by atoms with Crippen LogP contribution in [0.3, 0.4) is 0 Å². The summed E-state index contributed by atoms with van der Waals surface area (Å²) in [7, 11) is 0. The Balaban J connectivity index is 2.64. The topological polar surface area (TPSA) is 60.9 Å². The van der Waals surface area contributed by atoms with Gasteiger partial charge >= 0.3 is 12.0 Å². The number of urea groups is 1. The van der Waals surface area contributed by atoms with Gasteiger partial charge < -0.3 is 14.9 Å². The van der Waals surface area contributed by atoms with Crippen molar-refractivity contribution in [1.82, 2.24) is 9.80 Å². The number of rotatable bonds is 5. The molecule has 3 unspecified atom stereocenters. The van der Waals surface area contributed by atoms with Crippen molar-refractivity contribution in [2.24, 2.45) is 17.8 Å². The van der Waals surface area contributed by atoms with Crippen molar-refractivity contribution in [1.29, 1.82) is 0 Å². The summed E-state index contributed by atoms with van der Waals surface area (Å²) in [5.74, 6) is -0.720. The molecule has 1 aliphatic rings. The molecule has 0 bridgehead atoms. The predicted molar refractivity (Wildman–Crippen MR) is 74.0 cm³/mol. The third-order valence-corrected chi connectivity index (χ3v) is 4.08. The van der Waals surface area contributed by atoms with Crippen molar-refractivity contribution >= 4 is 12.0 Å². The van der Waals surface area contributed by atoms with Crippen molar-refractivity contribution in [2.45, 2.75) is 34.1 Å². The number of carboxylic acid groups (broad SMARTS) is 1. The van der Waals surface area contributed by atoms with Crippen LogP contribution >= 0.6 is 0 Å². The SMILES string of the molecule is CCC(C)CN(CC)C(=O)N1CC(C)C(C(=O)O)C1. The Kier molecular flexibility index (Phi) is 5.63. The minimum Gasteiger partial charge on any atom is -0.481 e. The van der Waals surface area contributed by atoms with Crippen LogP contribution in [0.4, 0.5) is 4.79 Å². The zero-order valence-corrected chi connectivity index (χ0v) is 12.4. The van der Waals surface area contributed by atoms with E-state index in [9.17, 15) is 9.59 Å². The van der Waals surface area contributed by atoms with E-state index in [1.54, 1.807) is 4.90 Å². The van der Waals surface area contributed by atoms with E-state index in [0.29, 0.717) is 25.6 Å². The van der Waals surface area contributed by atoms with Gasteiger partial charge in [-0.15, -0.1) is 0 Å². The number of amides is 2. The van der Waals surface area contributed by atoms with Crippen LogP contribution in [0.5, 0.6) is 0 Å². The van der Waals surface area contributed by atoms with E-state index in [2.05, 4.69) is 13.8 Å². The maximum Gasteiger partial charge on any atom is 0.320 e. The van der Waals surface area contributed by atoms with Crippen LogP contribution in [0.1, 0.15) is 34.1 Å². The normalized spacial score (nSPS) is 24.3. The Morgan fingerprint density at radius 3 is 2.42 bits per heavy atom. The Hall–Kier alpha value is -1.26. The number of aliphatic carboxylic acids is 1. The summed E-state index contributed by atoms with van der Waals surface area (Å²) < 4.78 is 0. The van der Waals surface area contributed by atoms with Crippen LogP contribution in [0.15, 0.2) is 0 Å². The first-order valence-corrected chi connectivity index (χ1v) is 7.17. The minimum absolute atomic E-state index is 0.0154. The number of nitrogens with zero attached hydrogens (tertiary/aromatic N) is 2. The molecule has 1 rings (SSSR count). The molecule has 1 N–H and O–H groups in total. The van der Waals surface area contributed by atoms with Gasteiger partial charge in [-0.3, -0.25) is 4.79 Å². The summed E-state index contributed by atoms with van der Waals surface area (Å²) in [6.07, 6.45) is 1.04. The lowest BCUT2D eigenvalue weighted by Gasteiger charge is -2.29. The molecule has 0 aromatic carbocycles. The second kappa shape index (κ2) is 6.78. The Morgan fingerprint density at radius 1 is 1.37 bits per heavy atom. The second-order valence-corrected chi connectivity index (χ2v) is 5.66. The van der Waals surface area contributed by atoms with Gasteiger partial charge in [-0.1, -0.05) is 27.2 Å². The largest absolute Gasteiger partial charge is 0.481 e. The van der Waals surface area contributed by atoms with Crippen molar-refractivity contribution in [2.75, 3.05) is 26.2 Å². The highest BCUT2D eigenvalue weighted by Gasteiger charge is 2.38. The van der Waals surface area contributed by atoms with E-state index in [-0.39, 0.29) is 11.9 Å². The van der Waals surface area contributed by atoms with Crippen LogP contribution in [0.2, 0.25) is 0 Å². The molecule has 1 aliphatic heterocycles. The van der Waals surface area contributed by atoms with Crippen molar-refractivity contribution in [3.05, 3.63) is 0 Å². The molecule has 19 heavy (non-hydrogen) atoms. The number of carbonyl (C=O) groups is 2. The number of hydrogen-bond donors (Lipinski definition) is 1. The van der Waals surface area contributed by atoms with Gasteiger partial charge in [0.1, 0.15) is 0 Å². The van der Waals surface area contributed by atoms with Crippen LogP contribution in [-0.4, -0.2) is 53.1 Å². The van der Waals surface area contributed by atoms with Gasteiger partial charge in [0.2, 0.25) is 0 Å². The summed E-state index contributed by atoms with van der Waals surface area (Å²) in [5.41, 5.74) is 0. The molecule has 0 aliphatic carbocycles. The summed E-state index contributed by atoms with van der Waals surface area (Å²) >= 11 is 0. The van der Waals surface area contributed by atoms with Gasteiger partial charge in [0.05, 0.1) is 5.92 Å². The van der Waals surface area contributed by atoms with Gasteiger partial charge in [-0.2, -0.15) is 0 Å². The standard InChI is InChI=1S/C14H26N2O3/c1-5-10(3)7-15(6-2)14(19)16-8-11(4)12(9-16)13(17)18/h10-12H,5-9H2,1-4H3,(H,17,18). The highest BCUT2D eigenvalue weighted by Crippen LogP contribution is 2.24. The molecule has 110 valence electrons. The van der Waals surface area contributed by atoms with Crippen LogP contribution in [-0.2, 0) is 4.79 Å². The van der Waals surface area contributed by atoms with Crippen LogP contribution in [0.25, 0.3) is 0 Å². The van der Waals surface area contributed by atoms with E-state index >= 15 is 0 Å². The van der Waals surface area contributed by atoms with Crippen LogP contribution in [0, 0.1) is 17.8 Å². The summed E-state index contributed by atoms with van der Waals surface area (Å²) in [6, 6.07) is -0.0154. The first-order valence-electron chi connectivity index (χ1n) is 7.17. The van der Waals surface area contributed by atoms with E-state index in [1.807, 2.05) is 18.7 Å². The molecule has 0 saturated carbocycles. The lowest BCUT2D eigenvalue weighted by Crippen LogP contribution is -2.44. The molecule has 1 fully saturated rings. The highest BCUT2D eigenvalue weighted by atomic mass is 16.4.